The van der Waals surface area contributed by atoms with Gasteiger partial charge in [0.05, 0.1) is 5.56 Å². The summed E-state index contributed by atoms with van der Waals surface area (Å²) < 4.78 is 37.3. The van der Waals surface area contributed by atoms with Crippen molar-refractivity contribution in [3.8, 4) is 11.8 Å². The molecule has 5 heteroatoms. The average Bonchev–Trinajstić information content (AvgIpc) is 2.52. The molecule has 0 bridgehead atoms. The number of rotatable bonds is 3. The van der Waals surface area contributed by atoms with E-state index in [2.05, 4.69) is 17.0 Å². The van der Waals surface area contributed by atoms with Gasteiger partial charge in [-0.3, -0.25) is 0 Å². The van der Waals surface area contributed by atoms with Crippen molar-refractivity contribution in [1.29, 1.82) is 0 Å². The minimum absolute atomic E-state index is 0.344. The van der Waals surface area contributed by atoms with Gasteiger partial charge in [-0.15, -0.1) is 0 Å². The third-order valence-electron chi connectivity index (χ3n) is 3.47. The van der Waals surface area contributed by atoms with Gasteiger partial charge in [-0.25, -0.2) is 0 Å². The second-order valence-electron chi connectivity index (χ2n) is 5.22. The molecule has 124 valence electrons. The molecule has 0 aliphatic rings. The lowest BCUT2D eigenvalue weighted by Crippen LogP contribution is -2.04. The van der Waals surface area contributed by atoms with E-state index in [4.69, 9.17) is 4.84 Å². The van der Waals surface area contributed by atoms with Crippen LogP contribution in [0.2, 0.25) is 0 Å². The Bertz CT molecular complexity index is 761. The van der Waals surface area contributed by atoms with Crippen molar-refractivity contribution in [1.82, 2.24) is 0 Å². The average molecular weight is 331 g/mol. The highest BCUT2D eigenvalue weighted by molar-refractivity contribution is 5.78. The molecule has 0 amide bonds. The molecule has 2 rings (SSSR count). The molecule has 0 radical (unpaired) electrons. The summed E-state index contributed by atoms with van der Waals surface area (Å²) in [6, 6.07) is 10.6. The second kappa shape index (κ2) is 7.69. The fourth-order valence-corrected chi connectivity index (χ4v) is 2.10. The molecular formula is C19H16F3NO. The van der Waals surface area contributed by atoms with E-state index >= 15 is 0 Å². The maximum atomic E-state index is 12.4. The van der Waals surface area contributed by atoms with Crippen LogP contribution in [0.15, 0.2) is 47.6 Å². The van der Waals surface area contributed by atoms with E-state index in [1.165, 1.54) is 18.3 Å². The summed E-state index contributed by atoms with van der Waals surface area (Å²) in [4.78, 5) is 5.20. The zero-order valence-electron chi connectivity index (χ0n) is 13.3. The van der Waals surface area contributed by atoms with Gasteiger partial charge in [0.25, 0.3) is 0 Å². The first-order valence-corrected chi connectivity index (χ1v) is 7.25. The Labute approximate surface area is 139 Å². The van der Waals surface area contributed by atoms with Crippen molar-refractivity contribution < 1.29 is 18.0 Å². The fraction of sp³-hybridized carbons (Fsp3) is 0.211. The van der Waals surface area contributed by atoms with E-state index in [1.54, 1.807) is 0 Å². The molecule has 0 aliphatic carbocycles. The van der Waals surface area contributed by atoms with Crippen LogP contribution < -0.4 is 0 Å². The van der Waals surface area contributed by atoms with Crippen molar-refractivity contribution >= 4 is 6.21 Å². The number of alkyl halides is 3. The summed E-state index contributed by atoms with van der Waals surface area (Å²) in [7, 11) is 0. The highest BCUT2D eigenvalue weighted by atomic mass is 19.4. The molecule has 0 N–H and O–H groups in total. The van der Waals surface area contributed by atoms with Gasteiger partial charge in [-0.2, -0.15) is 13.2 Å². The van der Waals surface area contributed by atoms with Gasteiger partial charge >= 0.3 is 6.18 Å². The Morgan fingerprint density at radius 3 is 2.25 bits per heavy atom. The predicted octanol–water partition coefficient (Wildman–Crippen LogP) is 4.88. The van der Waals surface area contributed by atoms with Crippen molar-refractivity contribution in [2.24, 2.45) is 5.16 Å². The summed E-state index contributed by atoms with van der Waals surface area (Å²) in [5.74, 6) is 5.33. The normalized spacial score (nSPS) is 11.2. The zero-order chi connectivity index (χ0) is 17.6. The highest BCUT2D eigenvalue weighted by Gasteiger charge is 2.29. The Balaban J connectivity index is 1.90. The van der Waals surface area contributed by atoms with Gasteiger partial charge in [0.15, 0.2) is 0 Å². The largest absolute Gasteiger partial charge is 0.416 e. The molecule has 2 nitrogen and oxygen atoms in total. The molecule has 0 atom stereocenters. The monoisotopic (exact) mass is 331 g/mol. The van der Waals surface area contributed by atoms with Crippen molar-refractivity contribution in [2.45, 2.75) is 26.6 Å². The van der Waals surface area contributed by atoms with E-state index in [9.17, 15) is 13.2 Å². The van der Waals surface area contributed by atoms with Crippen molar-refractivity contribution in [2.75, 3.05) is 0 Å². The number of aryl methyl sites for hydroxylation is 2. The van der Waals surface area contributed by atoms with Gasteiger partial charge < -0.3 is 4.84 Å². The minimum atomic E-state index is -4.34. The van der Waals surface area contributed by atoms with Crippen molar-refractivity contribution in [3.05, 3.63) is 70.3 Å². The smallest absolute Gasteiger partial charge is 0.390 e. The standard InChI is InChI=1S/C19H16F3NO/c1-14-5-3-6-15(2)18(14)13-24-23-12-4-7-16-8-10-17(11-9-16)19(20,21)22/h3,5-6,8-12H,13H2,1-2H3/b23-12+. The molecule has 2 aromatic carbocycles. The van der Waals surface area contributed by atoms with Crippen LogP contribution in [0.3, 0.4) is 0 Å². The lowest BCUT2D eigenvalue weighted by molar-refractivity contribution is -0.137. The first kappa shape index (κ1) is 17.6. The van der Waals surface area contributed by atoms with Crippen LogP contribution in [0.4, 0.5) is 13.2 Å². The van der Waals surface area contributed by atoms with E-state index in [1.807, 2.05) is 32.0 Å². The molecule has 24 heavy (non-hydrogen) atoms. The molecule has 0 spiro atoms. The van der Waals surface area contributed by atoms with Gasteiger partial charge in [-0.1, -0.05) is 29.3 Å². The minimum Gasteiger partial charge on any atom is -0.390 e. The Morgan fingerprint density at radius 1 is 1.04 bits per heavy atom. The summed E-state index contributed by atoms with van der Waals surface area (Å²) in [6.45, 7) is 4.34. The van der Waals surface area contributed by atoms with Gasteiger partial charge in [0.1, 0.15) is 12.8 Å². The number of halogens is 3. The molecule has 0 saturated carbocycles. The lowest BCUT2D eigenvalue weighted by Gasteiger charge is -2.07. The van der Waals surface area contributed by atoms with Gasteiger partial charge in [0.2, 0.25) is 0 Å². The van der Waals surface area contributed by atoms with Gasteiger partial charge in [0, 0.05) is 5.56 Å². The maximum Gasteiger partial charge on any atom is 0.416 e. The van der Waals surface area contributed by atoms with Crippen LogP contribution in [0.1, 0.15) is 27.8 Å². The van der Waals surface area contributed by atoms with Crippen LogP contribution in [-0.4, -0.2) is 6.21 Å². The van der Waals surface area contributed by atoms with Crippen molar-refractivity contribution in [3.63, 3.8) is 0 Å². The molecule has 0 fully saturated rings. The summed E-state index contributed by atoms with van der Waals surface area (Å²) in [6.07, 6.45) is -3.06. The molecule has 0 aliphatic heterocycles. The Kier molecular flexibility index (Phi) is 5.64. The van der Waals surface area contributed by atoms with E-state index in [0.29, 0.717) is 12.2 Å². The molecule has 0 saturated heterocycles. The maximum absolute atomic E-state index is 12.4. The van der Waals surface area contributed by atoms with E-state index in [0.717, 1.165) is 28.8 Å². The first-order chi connectivity index (χ1) is 11.4. The zero-order valence-corrected chi connectivity index (χ0v) is 13.3. The van der Waals surface area contributed by atoms with E-state index < -0.39 is 11.7 Å². The third-order valence-corrected chi connectivity index (χ3v) is 3.47. The number of hydrogen-bond acceptors (Lipinski definition) is 2. The van der Waals surface area contributed by atoms with Crippen LogP contribution in [0.5, 0.6) is 0 Å². The highest BCUT2D eigenvalue weighted by Crippen LogP contribution is 2.28. The van der Waals surface area contributed by atoms with Crippen LogP contribution in [0.25, 0.3) is 0 Å². The SMILES string of the molecule is Cc1cccc(C)c1CO/N=C/C#Cc1ccc(C(F)(F)F)cc1. The molecule has 0 heterocycles. The molecule has 2 aromatic rings. The number of nitrogens with zero attached hydrogens (tertiary/aromatic N) is 1. The molecule has 0 aromatic heterocycles. The molecule has 0 unspecified atom stereocenters. The predicted molar refractivity (Wildman–Crippen MR) is 87.5 cm³/mol. The lowest BCUT2D eigenvalue weighted by atomic mass is 10.0. The number of hydrogen-bond donors (Lipinski definition) is 0. The number of oxime groups is 1. The summed E-state index contributed by atoms with van der Waals surface area (Å²) >= 11 is 0. The van der Waals surface area contributed by atoms with Gasteiger partial charge in [-0.05, 0) is 60.7 Å². The topological polar surface area (TPSA) is 21.6 Å². The van der Waals surface area contributed by atoms with E-state index in [-0.39, 0.29) is 0 Å². The summed E-state index contributed by atoms with van der Waals surface area (Å²) in [5, 5.41) is 3.74. The first-order valence-electron chi connectivity index (χ1n) is 7.25. The Hall–Kier alpha value is -2.74. The summed E-state index contributed by atoms with van der Waals surface area (Å²) in [5.41, 5.74) is 3.11. The fourth-order valence-electron chi connectivity index (χ4n) is 2.10. The van der Waals surface area contributed by atoms with Crippen LogP contribution in [0, 0.1) is 25.7 Å². The Morgan fingerprint density at radius 2 is 1.67 bits per heavy atom. The van der Waals surface area contributed by atoms with Crippen LogP contribution in [-0.2, 0) is 17.6 Å². The number of benzene rings is 2. The molecular weight excluding hydrogens is 315 g/mol. The third kappa shape index (κ3) is 4.88. The second-order valence-corrected chi connectivity index (χ2v) is 5.22. The van der Waals surface area contributed by atoms with Crippen LogP contribution >= 0.6 is 0 Å². The quantitative estimate of drug-likeness (QED) is 0.446.